The lowest BCUT2D eigenvalue weighted by molar-refractivity contribution is 0.867. The summed E-state index contributed by atoms with van der Waals surface area (Å²) in [5.41, 5.74) is 3.80. The van der Waals surface area contributed by atoms with Crippen LogP contribution in [0.2, 0.25) is 5.28 Å². The summed E-state index contributed by atoms with van der Waals surface area (Å²) >= 11 is 7.82. The van der Waals surface area contributed by atoms with Crippen LogP contribution in [0.5, 0.6) is 0 Å². The SMILES string of the molecule is Cc1sc2nc(Cl)nc(NC3CC3)c2c1-c1ccc(C(C)C)cc1. The zero-order valence-corrected chi connectivity index (χ0v) is 15.6. The molecule has 0 atom stereocenters. The fourth-order valence-electron chi connectivity index (χ4n) is 2.99. The van der Waals surface area contributed by atoms with Crippen LogP contribution >= 0.6 is 22.9 Å². The van der Waals surface area contributed by atoms with Crippen LogP contribution in [0.1, 0.15) is 43.0 Å². The fraction of sp³-hybridized carbons (Fsp3) is 0.368. The summed E-state index contributed by atoms with van der Waals surface area (Å²) in [7, 11) is 0. The predicted molar refractivity (Wildman–Crippen MR) is 103 cm³/mol. The zero-order valence-electron chi connectivity index (χ0n) is 14.1. The monoisotopic (exact) mass is 357 g/mol. The van der Waals surface area contributed by atoms with E-state index in [1.165, 1.54) is 34.4 Å². The number of anilines is 1. The number of nitrogens with one attached hydrogen (secondary N) is 1. The van der Waals surface area contributed by atoms with E-state index < -0.39 is 0 Å². The van der Waals surface area contributed by atoms with Crippen LogP contribution in [0, 0.1) is 6.92 Å². The standard InChI is InChI=1S/C19H20ClN3S/c1-10(2)12-4-6-13(7-5-12)15-11(3)24-18-16(15)17(21-14-8-9-14)22-19(20)23-18/h4-7,10,14H,8-9H2,1-3H3,(H,21,22,23). The Hall–Kier alpha value is -1.65. The van der Waals surface area contributed by atoms with Crippen molar-refractivity contribution < 1.29 is 0 Å². The number of benzene rings is 1. The number of thiophene rings is 1. The van der Waals surface area contributed by atoms with Gasteiger partial charge in [-0.25, -0.2) is 9.97 Å². The first-order valence-corrected chi connectivity index (χ1v) is 9.56. The van der Waals surface area contributed by atoms with E-state index in [1.54, 1.807) is 11.3 Å². The molecule has 1 saturated carbocycles. The van der Waals surface area contributed by atoms with Crippen molar-refractivity contribution in [1.29, 1.82) is 0 Å². The largest absolute Gasteiger partial charge is 0.367 e. The summed E-state index contributed by atoms with van der Waals surface area (Å²) in [6.07, 6.45) is 2.40. The van der Waals surface area contributed by atoms with Gasteiger partial charge in [-0.1, -0.05) is 38.1 Å². The summed E-state index contributed by atoms with van der Waals surface area (Å²) in [5, 5.41) is 4.94. The van der Waals surface area contributed by atoms with E-state index in [1.807, 2.05) is 0 Å². The van der Waals surface area contributed by atoms with Crippen molar-refractivity contribution in [2.24, 2.45) is 0 Å². The summed E-state index contributed by atoms with van der Waals surface area (Å²) in [4.78, 5) is 11.1. The zero-order chi connectivity index (χ0) is 16.8. The highest BCUT2D eigenvalue weighted by atomic mass is 35.5. The minimum Gasteiger partial charge on any atom is -0.367 e. The number of nitrogens with zero attached hydrogens (tertiary/aromatic N) is 2. The second-order valence-electron chi connectivity index (χ2n) is 6.75. The van der Waals surface area contributed by atoms with Crippen molar-refractivity contribution in [3.05, 3.63) is 40.0 Å². The number of aromatic nitrogens is 2. The minimum absolute atomic E-state index is 0.314. The van der Waals surface area contributed by atoms with Gasteiger partial charge in [-0.3, -0.25) is 0 Å². The van der Waals surface area contributed by atoms with Crippen LogP contribution in [0.25, 0.3) is 21.3 Å². The number of halogens is 1. The van der Waals surface area contributed by atoms with Crippen LogP contribution < -0.4 is 5.32 Å². The highest BCUT2D eigenvalue weighted by molar-refractivity contribution is 7.19. The van der Waals surface area contributed by atoms with Crippen molar-refractivity contribution in [1.82, 2.24) is 9.97 Å². The van der Waals surface area contributed by atoms with Crippen LogP contribution in [0.15, 0.2) is 24.3 Å². The number of hydrogen-bond donors (Lipinski definition) is 1. The summed E-state index contributed by atoms with van der Waals surface area (Å²) in [6, 6.07) is 9.37. The van der Waals surface area contributed by atoms with Crippen molar-refractivity contribution in [2.75, 3.05) is 5.32 Å². The minimum atomic E-state index is 0.314. The van der Waals surface area contributed by atoms with Crippen molar-refractivity contribution in [3.63, 3.8) is 0 Å². The summed E-state index contributed by atoms with van der Waals surface area (Å²) < 4.78 is 0. The van der Waals surface area contributed by atoms with Crippen LogP contribution in [0.3, 0.4) is 0 Å². The Morgan fingerprint density at radius 1 is 1.17 bits per heavy atom. The lowest BCUT2D eigenvalue weighted by Crippen LogP contribution is -2.04. The topological polar surface area (TPSA) is 37.8 Å². The third kappa shape index (κ3) is 2.89. The van der Waals surface area contributed by atoms with Gasteiger partial charge in [-0.2, -0.15) is 0 Å². The molecule has 0 amide bonds. The molecule has 24 heavy (non-hydrogen) atoms. The van der Waals surface area contributed by atoms with E-state index in [0.717, 1.165) is 16.0 Å². The van der Waals surface area contributed by atoms with Gasteiger partial charge in [0, 0.05) is 16.5 Å². The van der Waals surface area contributed by atoms with Crippen molar-refractivity contribution >= 4 is 39.0 Å². The van der Waals surface area contributed by atoms with Crippen molar-refractivity contribution in [3.8, 4) is 11.1 Å². The van der Waals surface area contributed by atoms with Gasteiger partial charge >= 0.3 is 0 Å². The fourth-order valence-corrected chi connectivity index (χ4v) is 4.26. The molecule has 0 unspecified atom stereocenters. The van der Waals surface area contributed by atoms with E-state index in [-0.39, 0.29) is 0 Å². The Kier molecular flexibility index (Phi) is 3.97. The van der Waals surface area contributed by atoms with Gasteiger partial charge in [0.15, 0.2) is 0 Å². The molecule has 0 spiro atoms. The predicted octanol–water partition coefficient (Wildman–Crippen LogP) is 6.02. The molecule has 2 heterocycles. The maximum absolute atomic E-state index is 6.14. The van der Waals surface area contributed by atoms with Crippen LogP contribution in [-0.2, 0) is 0 Å². The molecular formula is C19H20ClN3S. The first-order chi connectivity index (χ1) is 11.5. The molecule has 4 rings (SSSR count). The molecule has 0 aliphatic heterocycles. The van der Waals surface area contributed by atoms with E-state index >= 15 is 0 Å². The van der Waals surface area contributed by atoms with Gasteiger partial charge in [0.05, 0.1) is 5.39 Å². The molecule has 2 aromatic heterocycles. The molecule has 124 valence electrons. The number of rotatable bonds is 4. The third-order valence-corrected chi connectivity index (χ3v) is 5.65. The number of fused-ring (bicyclic) bond motifs is 1. The average molecular weight is 358 g/mol. The highest BCUT2D eigenvalue weighted by Crippen LogP contribution is 2.42. The average Bonchev–Trinajstić information content (AvgIpc) is 3.28. The van der Waals surface area contributed by atoms with Gasteiger partial charge in [0.2, 0.25) is 5.28 Å². The van der Waals surface area contributed by atoms with Gasteiger partial charge in [0.25, 0.3) is 0 Å². The second kappa shape index (κ2) is 6.01. The Labute approximate surface area is 151 Å². The normalized spacial score (nSPS) is 14.5. The molecule has 1 aliphatic carbocycles. The summed E-state index contributed by atoms with van der Waals surface area (Å²) in [5.74, 6) is 1.41. The number of aryl methyl sites for hydroxylation is 1. The van der Waals surface area contributed by atoms with Gasteiger partial charge < -0.3 is 5.32 Å². The first-order valence-electron chi connectivity index (χ1n) is 8.36. The Balaban J connectivity index is 1.88. The van der Waals surface area contributed by atoms with E-state index in [9.17, 15) is 0 Å². The Morgan fingerprint density at radius 3 is 2.50 bits per heavy atom. The molecular weight excluding hydrogens is 338 g/mol. The molecule has 0 saturated heterocycles. The van der Waals surface area contributed by atoms with Gasteiger partial charge in [-0.05, 0) is 48.4 Å². The molecule has 5 heteroatoms. The molecule has 1 N–H and O–H groups in total. The van der Waals surface area contributed by atoms with E-state index in [0.29, 0.717) is 17.2 Å². The first kappa shape index (κ1) is 15.9. The highest BCUT2D eigenvalue weighted by Gasteiger charge is 2.25. The molecule has 0 radical (unpaired) electrons. The van der Waals surface area contributed by atoms with Crippen molar-refractivity contribution in [2.45, 2.75) is 45.6 Å². The number of hydrogen-bond acceptors (Lipinski definition) is 4. The molecule has 3 aromatic rings. The second-order valence-corrected chi connectivity index (χ2v) is 8.29. The maximum Gasteiger partial charge on any atom is 0.225 e. The van der Waals surface area contributed by atoms with Crippen LogP contribution in [0.4, 0.5) is 5.82 Å². The Bertz CT molecular complexity index is 895. The molecule has 1 aliphatic rings. The quantitative estimate of drug-likeness (QED) is 0.580. The molecule has 3 nitrogen and oxygen atoms in total. The van der Waals surface area contributed by atoms with Gasteiger partial charge in [-0.15, -0.1) is 11.3 Å². The van der Waals surface area contributed by atoms with Crippen LogP contribution in [-0.4, -0.2) is 16.0 Å². The maximum atomic E-state index is 6.14. The van der Waals surface area contributed by atoms with E-state index in [2.05, 4.69) is 60.3 Å². The lowest BCUT2D eigenvalue weighted by Gasteiger charge is -2.10. The summed E-state index contributed by atoms with van der Waals surface area (Å²) in [6.45, 7) is 6.58. The lowest BCUT2D eigenvalue weighted by atomic mass is 9.98. The van der Waals surface area contributed by atoms with Gasteiger partial charge in [0.1, 0.15) is 10.6 Å². The molecule has 1 fully saturated rings. The smallest absolute Gasteiger partial charge is 0.225 e. The molecule has 0 bridgehead atoms. The molecule has 1 aromatic carbocycles. The van der Waals surface area contributed by atoms with E-state index in [4.69, 9.17) is 11.6 Å². The third-order valence-electron chi connectivity index (χ3n) is 4.48. The Morgan fingerprint density at radius 2 is 1.88 bits per heavy atom.